The van der Waals surface area contributed by atoms with Gasteiger partial charge in [-0.15, -0.1) is 20.4 Å². The maximum Gasteiger partial charge on any atom is 0.170 e. The first kappa shape index (κ1) is 52.0. The largest absolute Gasteiger partial charge is 0.494 e. The smallest absolute Gasteiger partial charge is 0.170 e. The number of sulfone groups is 2. The molecule has 8 aromatic rings. The Morgan fingerprint density at radius 1 is 0.500 bits per heavy atom. The number of pyridine rings is 2. The van der Waals surface area contributed by atoms with Gasteiger partial charge in [-0.1, -0.05) is 12.1 Å². The van der Waals surface area contributed by atoms with E-state index in [0.717, 1.165) is 0 Å². The van der Waals surface area contributed by atoms with E-state index in [9.17, 15) is 27.0 Å². The first-order valence-corrected chi connectivity index (χ1v) is 25.4. The number of aliphatic hydroxyl groups excluding tert-OH is 2. The molecule has 8 rings (SSSR count). The van der Waals surface area contributed by atoms with Crippen LogP contribution in [0.3, 0.4) is 0 Å². The molecule has 4 atom stereocenters. The van der Waals surface area contributed by atoms with Crippen LogP contribution in [0.5, 0.6) is 23.0 Å². The fourth-order valence-corrected chi connectivity index (χ4v) is 10.0. The standard InChI is InChI=1S/2C24H26N6O5S/c2*1-15-11-27-18(13-26-15)23(31)16(2)36(32,33)14-21-28-29-24(17-7-6-10-25-12-17)30(21)22-19(34-3)8-5-9-20(22)35-4/h2*5-13,16,23,31H,14H2,1-4H3/t2*16-,23-/m10/s1. The highest BCUT2D eigenvalue weighted by molar-refractivity contribution is 7.91. The molecule has 6 aromatic heterocycles. The minimum Gasteiger partial charge on any atom is -0.494 e. The molecule has 0 fully saturated rings. The summed E-state index contributed by atoms with van der Waals surface area (Å²) in [5.41, 5.74) is 3.75. The van der Waals surface area contributed by atoms with Gasteiger partial charge in [-0.25, -0.2) is 16.8 Å². The first-order valence-electron chi connectivity index (χ1n) is 22.0. The summed E-state index contributed by atoms with van der Waals surface area (Å²) >= 11 is 0. The second kappa shape index (κ2) is 22.5. The van der Waals surface area contributed by atoms with Gasteiger partial charge in [0.05, 0.1) is 74.1 Å². The highest BCUT2D eigenvalue weighted by Gasteiger charge is 2.35. The van der Waals surface area contributed by atoms with Crippen molar-refractivity contribution < 1.29 is 46.0 Å². The van der Waals surface area contributed by atoms with Gasteiger partial charge < -0.3 is 29.2 Å². The van der Waals surface area contributed by atoms with Crippen LogP contribution < -0.4 is 18.9 Å². The fraction of sp³-hybridized carbons (Fsp3) is 0.292. The zero-order chi connectivity index (χ0) is 51.7. The topological polar surface area (TPSA) is 284 Å². The van der Waals surface area contributed by atoms with Gasteiger partial charge in [0, 0.05) is 48.3 Å². The predicted molar refractivity (Wildman–Crippen MR) is 263 cm³/mol. The van der Waals surface area contributed by atoms with E-state index in [4.69, 9.17) is 18.9 Å². The van der Waals surface area contributed by atoms with Crippen molar-refractivity contribution in [3.63, 3.8) is 0 Å². The van der Waals surface area contributed by atoms with Gasteiger partial charge in [-0.3, -0.25) is 39.0 Å². The average molecular weight is 1020 g/mol. The molecule has 72 heavy (non-hydrogen) atoms. The highest BCUT2D eigenvalue weighted by Crippen LogP contribution is 2.39. The van der Waals surface area contributed by atoms with Gasteiger partial charge in [-0.2, -0.15) is 0 Å². The van der Waals surface area contributed by atoms with Crippen LogP contribution in [0, 0.1) is 13.8 Å². The van der Waals surface area contributed by atoms with Crippen molar-refractivity contribution in [2.75, 3.05) is 28.4 Å². The molecular weight excluding hydrogens is 969 g/mol. The molecule has 0 saturated carbocycles. The molecule has 0 unspecified atom stereocenters. The number of ether oxygens (including phenoxy) is 4. The van der Waals surface area contributed by atoms with E-state index in [1.54, 1.807) is 108 Å². The van der Waals surface area contributed by atoms with Gasteiger partial charge in [-0.05, 0) is 76.2 Å². The molecule has 2 aromatic carbocycles. The van der Waals surface area contributed by atoms with E-state index in [1.807, 2.05) is 0 Å². The number of benzene rings is 2. The third-order valence-electron chi connectivity index (χ3n) is 11.4. The number of hydrogen-bond acceptors (Lipinski definition) is 20. The molecule has 0 amide bonds. The Balaban J connectivity index is 0.000000211. The second-order valence-electron chi connectivity index (χ2n) is 16.1. The molecule has 0 aliphatic heterocycles. The molecule has 2 N–H and O–H groups in total. The van der Waals surface area contributed by atoms with E-state index in [1.165, 1.54) is 67.1 Å². The van der Waals surface area contributed by atoms with Crippen molar-refractivity contribution in [1.29, 1.82) is 0 Å². The zero-order valence-corrected chi connectivity index (χ0v) is 42.1. The minimum absolute atomic E-state index is 0.116. The molecule has 6 heterocycles. The Morgan fingerprint density at radius 3 is 1.15 bits per heavy atom. The number of aliphatic hydroxyl groups is 2. The summed E-state index contributed by atoms with van der Waals surface area (Å²) in [5, 5.41) is 36.1. The summed E-state index contributed by atoms with van der Waals surface area (Å²) in [7, 11) is -1.88. The lowest BCUT2D eigenvalue weighted by Gasteiger charge is -2.20. The number of nitrogens with zero attached hydrogens (tertiary/aromatic N) is 12. The Bertz CT molecular complexity index is 3060. The van der Waals surface area contributed by atoms with Crippen LogP contribution in [0.1, 0.15) is 60.5 Å². The number of methoxy groups -OCH3 is 4. The molecule has 22 nitrogen and oxygen atoms in total. The number of aromatic nitrogens is 12. The molecule has 0 spiro atoms. The molecule has 376 valence electrons. The summed E-state index contributed by atoms with van der Waals surface area (Å²) in [6.45, 7) is 6.35. The van der Waals surface area contributed by atoms with E-state index in [0.29, 0.717) is 68.5 Å². The lowest BCUT2D eigenvalue weighted by molar-refractivity contribution is 0.170. The molecule has 0 aliphatic rings. The van der Waals surface area contributed by atoms with Gasteiger partial charge in [0.15, 0.2) is 43.0 Å². The van der Waals surface area contributed by atoms with Crippen molar-refractivity contribution in [2.24, 2.45) is 0 Å². The first-order chi connectivity index (χ1) is 34.5. The van der Waals surface area contributed by atoms with Crippen LogP contribution in [-0.2, 0) is 31.2 Å². The zero-order valence-electron chi connectivity index (χ0n) is 40.5. The highest BCUT2D eigenvalue weighted by atomic mass is 32.2. The van der Waals surface area contributed by atoms with Crippen molar-refractivity contribution in [3.05, 3.63) is 145 Å². The van der Waals surface area contributed by atoms with E-state index in [-0.39, 0.29) is 23.0 Å². The van der Waals surface area contributed by atoms with Crippen LogP contribution in [0.2, 0.25) is 0 Å². The molecule has 24 heteroatoms. The average Bonchev–Trinajstić information content (AvgIpc) is 4.01. The van der Waals surface area contributed by atoms with Crippen LogP contribution in [0.15, 0.2) is 110 Å². The van der Waals surface area contributed by atoms with Crippen LogP contribution in [-0.4, -0.2) is 125 Å². The lowest BCUT2D eigenvalue weighted by Crippen LogP contribution is -2.28. The molecule has 0 saturated heterocycles. The molecule has 0 aliphatic carbocycles. The van der Waals surface area contributed by atoms with Crippen LogP contribution >= 0.6 is 0 Å². The van der Waals surface area contributed by atoms with E-state index in [2.05, 4.69) is 50.3 Å². The van der Waals surface area contributed by atoms with Gasteiger partial charge >= 0.3 is 0 Å². The SMILES string of the molecule is COc1cccc(OC)c1-n1c(CS(=O)(=O)[C@@H](C)[C@H](O)c2cnc(C)cn2)nnc1-c1cccnc1.COc1cccc(OC)c1-n1c(CS(=O)(=O)[C@H](C)[C@@H](O)c2cnc(C)cn2)nnc1-c1cccnc1. The molecular formula is C48H52N12O10S2. The van der Waals surface area contributed by atoms with Gasteiger partial charge in [0.25, 0.3) is 0 Å². The lowest BCUT2D eigenvalue weighted by atomic mass is 10.2. The van der Waals surface area contributed by atoms with Crippen LogP contribution in [0.25, 0.3) is 34.2 Å². The summed E-state index contributed by atoms with van der Waals surface area (Å²) in [4.78, 5) is 24.7. The maximum atomic E-state index is 13.5. The van der Waals surface area contributed by atoms with Crippen molar-refractivity contribution >= 4 is 19.7 Å². The Kier molecular flexibility index (Phi) is 16.3. The number of hydrogen-bond donors (Lipinski definition) is 2. The maximum absolute atomic E-state index is 13.5. The van der Waals surface area contributed by atoms with E-state index < -0.39 is 53.9 Å². The van der Waals surface area contributed by atoms with Crippen LogP contribution in [0.4, 0.5) is 0 Å². The fourth-order valence-electron chi connectivity index (χ4n) is 7.37. The third-order valence-corrected chi connectivity index (χ3v) is 15.5. The van der Waals surface area contributed by atoms with E-state index >= 15 is 0 Å². The Hall–Kier alpha value is -7.80. The Morgan fingerprint density at radius 2 is 0.861 bits per heavy atom. The predicted octanol–water partition coefficient (Wildman–Crippen LogP) is 4.96. The summed E-state index contributed by atoms with van der Waals surface area (Å²) < 4.78 is 79.2. The summed E-state index contributed by atoms with van der Waals surface area (Å²) in [6.07, 6.45) is 9.38. The van der Waals surface area contributed by atoms with Gasteiger partial charge in [0.2, 0.25) is 0 Å². The quantitative estimate of drug-likeness (QED) is 0.115. The second-order valence-corrected chi connectivity index (χ2v) is 20.9. The minimum atomic E-state index is -3.95. The molecule has 0 bridgehead atoms. The van der Waals surface area contributed by atoms with Crippen molar-refractivity contribution in [2.45, 2.75) is 61.9 Å². The monoisotopic (exact) mass is 1020 g/mol. The summed E-state index contributed by atoms with van der Waals surface area (Å²) in [6, 6.07) is 17.5. The summed E-state index contributed by atoms with van der Waals surface area (Å²) in [5.74, 6) is 1.64. The normalized spacial score (nSPS) is 13.2. The number of rotatable bonds is 18. The third kappa shape index (κ3) is 11.2. The molecule has 0 radical (unpaired) electrons. The van der Waals surface area contributed by atoms with Crippen molar-refractivity contribution in [3.8, 4) is 57.1 Å². The van der Waals surface area contributed by atoms with Crippen molar-refractivity contribution in [1.82, 2.24) is 59.4 Å². The number of para-hydroxylation sites is 2. The number of aryl methyl sites for hydroxylation is 2. The van der Waals surface area contributed by atoms with Gasteiger partial charge in [0.1, 0.15) is 58.1 Å². The Labute approximate surface area is 415 Å².